The molecule has 0 saturated carbocycles. The van der Waals surface area contributed by atoms with Gasteiger partial charge in [-0.15, -0.1) is 0 Å². The lowest BCUT2D eigenvalue weighted by molar-refractivity contribution is -0.162. The van der Waals surface area contributed by atoms with Crippen LogP contribution in [0.5, 0.6) is 28.7 Å². The molecule has 2 fully saturated rings. The fraction of sp³-hybridized carbons (Fsp3) is 0.429. The highest BCUT2D eigenvalue weighted by atomic mass is 19.4. The summed E-state index contributed by atoms with van der Waals surface area (Å²) in [6.45, 7) is 2.69. The highest BCUT2D eigenvalue weighted by Crippen LogP contribution is 2.32. The number of hydrogen-bond acceptors (Lipinski definition) is 16. The van der Waals surface area contributed by atoms with Crippen LogP contribution in [-0.4, -0.2) is 134 Å². The molecule has 412 valence electrons. The number of carbonyl (C=O) groups excluding carboxylic acids is 4. The fourth-order valence-electron chi connectivity index (χ4n) is 9.15. The van der Waals surface area contributed by atoms with Crippen molar-refractivity contribution in [3.05, 3.63) is 137 Å². The lowest BCUT2D eigenvalue weighted by Crippen LogP contribution is -2.47. The predicted octanol–water partition coefficient (Wildman–Crippen LogP) is 6.84. The molecule has 7 rings (SSSR count). The van der Waals surface area contributed by atoms with Gasteiger partial charge >= 0.3 is 18.1 Å². The molecule has 2 aliphatic rings. The zero-order valence-electron chi connectivity index (χ0n) is 43.0. The largest absolute Gasteiger partial charge is 0.503 e. The smallest absolute Gasteiger partial charge is 0.389 e. The normalized spacial score (nSPS) is 22.3. The Kier molecular flexibility index (Phi) is 20.1. The third kappa shape index (κ3) is 16.0. The zero-order valence-corrected chi connectivity index (χ0v) is 43.0. The van der Waals surface area contributed by atoms with Crippen LogP contribution in [0.4, 0.5) is 13.2 Å². The number of pyridine rings is 2. The lowest BCUT2D eigenvalue weighted by Gasteiger charge is -2.33. The van der Waals surface area contributed by atoms with Crippen LogP contribution in [0.25, 0.3) is 0 Å². The van der Waals surface area contributed by atoms with E-state index in [9.17, 15) is 42.6 Å². The van der Waals surface area contributed by atoms with Crippen molar-refractivity contribution in [2.75, 3.05) is 47.3 Å². The molecule has 18 nitrogen and oxygen atoms in total. The number of cyclic esters (lactones) is 2. The number of amides is 2. The summed E-state index contributed by atoms with van der Waals surface area (Å²) in [6, 6.07) is 24.8. The van der Waals surface area contributed by atoms with Crippen LogP contribution < -0.4 is 24.8 Å². The topological polar surface area (TPSA) is 232 Å². The number of carbonyl (C=O) groups is 4. The number of alkyl halides is 3. The van der Waals surface area contributed by atoms with Gasteiger partial charge in [-0.3, -0.25) is 9.59 Å². The second-order valence-corrected chi connectivity index (χ2v) is 18.9. The first kappa shape index (κ1) is 57.2. The molecule has 5 aromatic rings. The van der Waals surface area contributed by atoms with Crippen molar-refractivity contribution >= 4 is 23.8 Å². The van der Waals surface area contributed by atoms with Gasteiger partial charge in [0.05, 0.1) is 46.8 Å². The first-order chi connectivity index (χ1) is 37.0. The Morgan fingerprint density at radius 1 is 0.688 bits per heavy atom. The number of aryl methyl sites for hydroxylation is 2. The average Bonchev–Trinajstić information content (AvgIpc) is 3.49. The second kappa shape index (κ2) is 27.0. The number of nitrogens with one attached hydrogen (secondary N) is 2. The molecule has 77 heavy (non-hydrogen) atoms. The number of ether oxygens (including phenoxy) is 8. The summed E-state index contributed by atoms with van der Waals surface area (Å²) >= 11 is 0. The van der Waals surface area contributed by atoms with E-state index >= 15 is 0 Å². The number of halogens is 3. The van der Waals surface area contributed by atoms with E-state index in [4.69, 9.17) is 37.9 Å². The van der Waals surface area contributed by atoms with Crippen LogP contribution in [-0.2, 0) is 52.5 Å². The molecule has 2 aromatic heterocycles. The molecule has 0 bridgehead atoms. The van der Waals surface area contributed by atoms with E-state index in [0.717, 1.165) is 22.3 Å². The molecule has 0 radical (unpaired) electrons. The summed E-state index contributed by atoms with van der Waals surface area (Å²) in [5.41, 5.74) is 2.95. The minimum atomic E-state index is -4.41. The van der Waals surface area contributed by atoms with Gasteiger partial charge in [0.25, 0.3) is 11.8 Å². The van der Waals surface area contributed by atoms with Crippen molar-refractivity contribution in [1.82, 2.24) is 20.6 Å². The summed E-state index contributed by atoms with van der Waals surface area (Å²) in [5, 5.41) is 26.3. The maximum atomic E-state index is 14.3. The maximum Gasteiger partial charge on any atom is 0.389 e. The molecular weight excluding hydrogens is 1010 g/mol. The van der Waals surface area contributed by atoms with Crippen molar-refractivity contribution in [1.29, 1.82) is 0 Å². The number of esters is 2. The Labute approximate surface area is 443 Å². The van der Waals surface area contributed by atoms with Crippen LogP contribution in [0.2, 0.25) is 0 Å². The van der Waals surface area contributed by atoms with Crippen LogP contribution >= 0.6 is 0 Å². The Balaban J connectivity index is 1.11. The Morgan fingerprint density at radius 3 is 1.73 bits per heavy atom. The van der Waals surface area contributed by atoms with Crippen LogP contribution in [0.1, 0.15) is 69.4 Å². The van der Waals surface area contributed by atoms with Gasteiger partial charge in [0.1, 0.15) is 24.1 Å². The summed E-state index contributed by atoms with van der Waals surface area (Å²) in [7, 11) is 2.62. The van der Waals surface area contributed by atoms with Gasteiger partial charge in [0, 0.05) is 49.4 Å². The van der Waals surface area contributed by atoms with Crippen LogP contribution in [0.15, 0.2) is 103 Å². The van der Waals surface area contributed by atoms with Crippen molar-refractivity contribution in [3.8, 4) is 28.7 Å². The van der Waals surface area contributed by atoms with E-state index in [1.54, 1.807) is 19.1 Å². The molecule has 2 amide bonds. The van der Waals surface area contributed by atoms with Gasteiger partial charge in [-0.2, -0.15) is 13.2 Å². The third-order valence-electron chi connectivity index (χ3n) is 13.2. The molecule has 2 saturated heterocycles. The van der Waals surface area contributed by atoms with Crippen LogP contribution in [0.3, 0.4) is 0 Å². The number of methoxy groups -OCH3 is 2. The zero-order chi connectivity index (χ0) is 55.1. The number of para-hydroxylation sites is 1. The average molecular weight is 1070 g/mol. The van der Waals surface area contributed by atoms with Crippen molar-refractivity contribution < 1.29 is 80.5 Å². The molecule has 4 heterocycles. The first-order valence-electron chi connectivity index (χ1n) is 25.2. The molecular formula is C56H63F3N4O14. The van der Waals surface area contributed by atoms with E-state index < -0.39 is 96.0 Å². The molecule has 8 unspecified atom stereocenters. The van der Waals surface area contributed by atoms with E-state index in [0.29, 0.717) is 18.6 Å². The van der Waals surface area contributed by atoms with Gasteiger partial charge in [-0.05, 0) is 74.8 Å². The second-order valence-electron chi connectivity index (χ2n) is 18.9. The Morgan fingerprint density at radius 2 is 1.19 bits per heavy atom. The van der Waals surface area contributed by atoms with Gasteiger partial charge in [-0.25, -0.2) is 19.6 Å². The summed E-state index contributed by atoms with van der Waals surface area (Å²) in [6.07, 6.45) is -5.52. The Bertz CT molecular complexity index is 2750. The summed E-state index contributed by atoms with van der Waals surface area (Å²) in [5.74, 6) is -4.92. The monoisotopic (exact) mass is 1070 g/mol. The summed E-state index contributed by atoms with van der Waals surface area (Å²) < 4.78 is 87.0. The number of rotatable bonds is 19. The van der Waals surface area contributed by atoms with Crippen molar-refractivity contribution in [3.63, 3.8) is 0 Å². The van der Waals surface area contributed by atoms with E-state index in [1.165, 1.54) is 38.7 Å². The quantitative estimate of drug-likeness (QED) is 0.0490. The van der Waals surface area contributed by atoms with E-state index in [-0.39, 0.29) is 75.4 Å². The SMILES string of the molecule is COc1ccnc(C(=O)NC2COCC(Cc3ccc(CCC4OC(=O)C(NC(=O)c5nccc(OC)c5O)COCC(Cc5ccc(C)cc5)C4Oc4ccccc4)cc3)C(OCCCC(F)(F)F)C(C)OC2=O)c1O. The number of aromatic hydroxyl groups is 2. The minimum Gasteiger partial charge on any atom is -0.503 e. The molecule has 8 atom stereocenters. The molecule has 21 heteroatoms. The van der Waals surface area contributed by atoms with E-state index in [2.05, 4.69) is 20.6 Å². The number of aromatic nitrogens is 2. The molecule has 4 N–H and O–H groups in total. The fourth-order valence-corrected chi connectivity index (χ4v) is 9.15. The molecule has 2 aliphatic heterocycles. The molecule has 3 aromatic carbocycles. The first-order valence-corrected chi connectivity index (χ1v) is 25.2. The standard InChI is InChI=1S/C56H63F3N4O14/c1-33-11-13-36(14-12-33)28-39-30-73-32-42(63-53(67)47-49(65)44(71-4)22-25-61-47)55(69)77-45(51(39)76-40-9-6-5-7-10-40)20-19-35-15-17-37(18-16-35)27-38-29-72-31-41(62-52(66)46-48(64)43(70-3)21-24-60-46)54(68)75-34(2)50(38)74-26-8-23-56(57,58)59/h5-7,9-18,21-22,24-25,34,38-39,41-42,45,50-51,64-65H,8,19-20,23,26-32H2,1-4H3,(H,62,66)(H,63,67). The highest BCUT2D eigenvalue weighted by Gasteiger charge is 2.40. The maximum absolute atomic E-state index is 14.3. The number of nitrogens with zero attached hydrogens (tertiary/aromatic N) is 2. The Hall–Kier alpha value is -7.49. The van der Waals surface area contributed by atoms with Gasteiger partial charge in [-0.1, -0.05) is 72.3 Å². The molecule has 0 aliphatic carbocycles. The van der Waals surface area contributed by atoms with E-state index in [1.807, 2.05) is 73.7 Å². The number of hydrogen-bond donors (Lipinski definition) is 4. The van der Waals surface area contributed by atoms with Crippen molar-refractivity contribution in [2.24, 2.45) is 11.8 Å². The third-order valence-corrected chi connectivity index (χ3v) is 13.2. The number of benzene rings is 3. The van der Waals surface area contributed by atoms with Crippen LogP contribution in [0, 0.1) is 18.8 Å². The van der Waals surface area contributed by atoms with Gasteiger partial charge in [0.15, 0.2) is 46.5 Å². The summed E-state index contributed by atoms with van der Waals surface area (Å²) in [4.78, 5) is 62.5. The predicted molar refractivity (Wildman–Crippen MR) is 271 cm³/mol. The van der Waals surface area contributed by atoms with Crippen molar-refractivity contribution in [2.45, 2.75) is 95.0 Å². The lowest BCUT2D eigenvalue weighted by atomic mass is 9.88. The highest BCUT2D eigenvalue weighted by molar-refractivity contribution is 5.98. The van der Waals surface area contributed by atoms with Gasteiger partial charge < -0.3 is 58.7 Å². The minimum absolute atomic E-state index is 0.0131. The molecule has 0 spiro atoms. The van der Waals surface area contributed by atoms with Gasteiger partial charge in [0.2, 0.25) is 0 Å².